The third-order valence-corrected chi connectivity index (χ3v) is 4.50. The lowest BCUT2D eigenvalue weighted by atomic mass is 10.3. The van der Waals surface area contributed by atoms with Gasteiger partial charge in [0, 0.05) is 24.5 Å². The summed E-state index contributed by atoms with van der Waals surface area (Å²) in [4.78, 5) is 14.2. The minimum atomic E-state index is 0.848. The van der Waals surface area contributed by atoms with Gasteiger partial charge in [-0.25, -0.2) is 4.98 Å². The summed E-state index contributed by atoms with van der Waals surface area (Å²) in [5.74, 6) is 1.04. The normalized spacial score (nSPS) is 11.8. The molecule has 0 atom stereocenters. The first-order valence-electron chi connectivity index (χ1n) is 7.54. The largest absolute Gasteiger partial charge is 0.341 e. The van der Waals surface area contributed by atoms with Crippen molar-refractivity contribution < 1.29 is 0 Å². The standard InChI is InChI=1S/C17H22N4S/c1-20(2)9-10-21(12-14-6-5-11-22-14)13-17-18-15-7-3-4-8-16(15)19-17/h3-8,11H,9-10,12-13H2,1-2H3,(H,18,19). The molecule has 0 aliphatic rings. The molecule has 2 aromatic heterocycles. The van der Waals surface area contributed by atoms with Crippen LogP contribution in [0.2, 0.25) is 0 Å². The Morgan fingerprint density at radius 3 is 2.64 bits per heavy atom. The highest BCUT2D eigenvalue weighted by molar-refractivity contribution is 7.09. The van der Waals surface area contributed by atoms with Crippen molar-refractivity contribution >= 4 is 22.4 Å². The highest BCUT2D eigenvalue weighted by Gasteiger charge is 2.11. The molecule has 4 nitrogen and oxygen atoms in total. The summed E-state index contributed by atoms with van der Waals surface area (Å²) in [6.07, 6.45) is 0. The van der Waals surface area contributed by atoms with E-state index >= 15 is 0 Å². The van der Waals surface area contributed by atoms with Crippen molar-refractivity contribution in [2.45, 2.75) is 13.1 Å². The maximum atomic E-state index is 4.70. The Morgan fingerprint density at radius 2 is 1.91 bits per heavy atom. The number of nitrogens with one attached hydrogen (secondary N) is 1. The van der Waals surface area contributed by atoms with Crippen LogP contribution >= 0.6 is 11.3 Å². The molecule has 0 radical (unpaired) electrons. The van der Waals surface area contributed by atoms with E-state index in [2.05, 4.69) is 58.5 Å². The maximum absolute atomic E-state index is 4.70. The van der Waals surface area contributed by atoms with Gasteiger partial charge in [0.05, 0.1) is 17.6 Å². The Hall–Kier alpha value is -1.69. The second-order valence-electron chi connectivity index (χ2n) is 5.79. The minimum absolute atomic E-state index is 0.848. The van der Waals surface area contributed by atoms with Crippen LogP contribution in [0.1, 0.15) is 10.7 Å². The number of hydrogen-bond acceptors (Lipinski definition) is 4. The molecular weight excluding hydrogens is 292 g/mol. The molecular formula is C17H22N4S. The lowest BCUT2D eigenvalue weighted by Crippen LogP contribution is -2.31. The molecule has 0 spiro atoms. The summed E-state index contributed by atoms with van der Waals surface area (Å²) >= 11 is 1.82. The van der Waals surface area contributed by atoms with E-state index in [1.807, 2.05) is 23.5 Å². The first-order chi connectivity index (χ1) is 10.7. The summed E-state index contributed by atoms with van der Waals surface area (Å²) in [5.41, 5.74) is 2.15. The lowest BCUT2D eigenvalue weighted by molar-refractivity contribution is 0.224. The molecule has 0 aliphatic carbocycles. The Labute approximate surface area is 135 Å². The zero-order valence-electron chi connectivity index (χ0n) is 13.1. The number of para-hydroxylation sites is 2. The zero-order valence-corrected chi connectivity index (χ0v) is 13.9. The van der Waals surface area contributed by atoms with Crippen molar-refractivity contribution in [1.29, 1.82) is 0 Å². The molecule has 0 amide bonds. The Morgan fingerprint density at radius 1 is 1.05 bits per heavy atom. The van der Waals surface area contributed by atoms with E-state index in [0.29, 0.717) is 0 Å². The first kappa shape index (κ1) is 15.2. The molecule has 1 N–H and O–H groups in total. The predicted molar refractivity (Wildman–Crippen MR) is 93.1 cm³/mol. The molecule has 2 heterocycles. The van der Waals surface area contributed by atoms with Gasteiger partial charge in [0.1, 0.15) is 5.82 Å². The summed E-state index contributed by atoms with van der Waals surface area (Å²) < 4.78 is 0. The number of nitrogens with zero attached hydrogens (tertiary/aromatic N) is 3. The average Bonchev–Trinajstić information content (AvgIpc) is 3.13. The Kier molecular flexibility index (Phi) is 4.87. The number of benzene rings is 1. The molecule has 0 aliphatic heterocycles. The third-order valence-electron chi connectivity index (χ3n) is 3.63. The van der Waals surface area contributed by atoms with Gasteiger partial charge in [-0.15, -0.1) is 11.3 Å². The number of rotatable bonds is 7. The molecule has 5 heteroatoms. The van der Waals surface area contributed by atoms with Gasteiger partial charge in [-0.1, -0.05) is 18.2 Å². The van der Waals surface area contributed by atoms with Crippen molar-refractivity contribution in [3.05, 3.63) is 52.5 Å². The van der Waals surface area contributed by atoms with Crippen LogP contribution in [-0.4, -0.2) is 47.0 Å². The number of likely N-dealkylation sites (N-methyl/N-ethyl adjacent to an activating group) is 1. The highest BCUT2D eigenvalue weighted by atomic mass is 32.1. The number of fused-ring (bicyclic) bond motifs is 1. The topological polar surface area (TPSA) is 35.2 Å². The number of thiophene rings is 1. The van der Waals surface area contributed by atoms with Crippen LogP contribution in [-0.2, 0) is 13.1 Å². The number of imidazole rings is 1. The van der Waals surface area contributed by atoms with Gasteiger partial charge in [0.2, 0.25) is 0 Å². The fourth-order valence-corrected chi connectivity index (χ4v) is 3.22. The number of aromatic amines is 1. The van der Waals surface area contributed by atoms with E-state index in [1.165, 1.54) is 4.88 Å². The molecule has 0 fully saturated rings. The van der Waals surface area contributed by atoms with Crippen molar-refractivity contribution in [2.24, 2.45) is 0 Å². The van der Waals surface area contributed by atoms with Crippen LogP contribution in [0.15, 0.2) is 41.8 Å². The monoisotopic (exact) mass is 314 g/mol. The van der Waals surface area contributed by atoms with E-state index in [1.54, 1.807) is 0 Å². The Balaban J connectivity index is 1.72. The lowest BCUT2D eigenvalue weighted by Gasteiger charge is -2.22. The molecule has 0 unspecified atom stereocenters. The van der Waals surface area contributed by atoms with Gasteiger partial charge >= 0.3 is 0 Å². The fraction of sp³-hybridized carbons (Fsp3) is 0.353. The van der Waals surface area contributed by atoms with E-state index in [4.69, 9.17) is 4.98 Å². The van der Waals surface area contributed by atoms with Crippen LogP contribution in [0, 0.1) is 0 Å². The van der Waals surface area contributed by atoms with Gasteiger partial charge in [-0.3, -0.25) is 4.90 Å². The van der Waals surface area contributed by atoms with Crippen molar-refractivity contribution in [2.75, 3.05) is 27.2 Å². The van der Waals surface area contributed by atoms with Gasteiger partial charge in [-0.2, -0.15) is 0 Å². The van der Waals surface area contributed by atoms with Crippen molar-refractivity contribution in [3.8, 4) is 0 Å². The van der Waals surface area contributed by atoms with E-state index in [0.717, 1.165) is 43.0 Å². The van der Waals surface area contributed by atoms with Crippen molar-refractivity contribution in [3.63, 3.8) is 0 Å². The quantitative estimate of drug-likeness (QED) is 0.727. The number of hydrogen-bond donors (Lipinski definition) is 1. The summed E-state index contributed by atoms with van der Waals surface area (Å²) in [6.45, 7) is 3.90. The van der Waals surface area contributed by atoms with Crippen LogP contribution in [0.3, 0.4) is 0 Å². The summed E-state index contributed by atoms with van der Waals surface area (Å²) in [5, 5.41) is 2.14. The molecule has 3 aromatic rings. The third kappa shape index (κ3) is 3.94. The predicted octanol–water partition coefficient (Wildman–Crippen LogP) is 3.19. The SMILES string of the molecule is CN(C)CCN(Cc1nc2ccccc2[nH]1)Cc1cccs1. The smallest absolute Gasteiger partial charge is 0.121 e. The van der Waals surface area contributed by atoms with Crippen LogP contribution in [0.25, 0.3) is 11.0 Å². The van der Waals surface area contributed by atoms with E-state index < -0.39 is 0 Å². The zero-order chi connectivity index (χ0) is 15.4. The Bertz CT molecular complexity index is 669. The molecule has 1 aromatic carbocycles. The van der Waals surface area contributed by atoms with Crippen LogP contribution < -0.4 is 0 Å². The fourth-order valence-electron chi connectivity index (χ4n) is 2.47. The second-order valence-corrected chi connectivity index (χ2v) is 6.83. The van der Waals surface area contributed by atoms with Gasteiger partial charge in [0.15, 0.2) is 0 Å². The molecule has 0 saturated heterocycles. The first-order valence-corrected chi connectivity index (χ1v) is 8.42. The van der Waals surface area contributed by atoms with Gasteiger partial charge in [0.25, 0.3) is 0 Å². The van der Waals surface area contributed by atoms with Gasteiger partial charge in [-0.05, 0) is 37.7 Å². The van der Waals surface area contributed by atoms with E-state index in [-0.39, 0.29) is 0 Å². The maximum Gasteiger partial charge on any atom is 0.121 e. The number of aromatic nitrogens is 2. The summed E-state index contributed by atoms with van der Waals surface area (Å²) in [7, 11) is 4.23. The average molecular weight is 314 g/mol. The molecule has 3 rings (SSSR count). The molecule has 116 valence electrons. The van der Waals surface area contributed by atoms with Crippen LogP contribution in [0.4, 0.5) is 0 Å². The van der Waals surface area contributed by atoms with E-state index in [9.17, 15) is 0 Å². The van der Waals surface area contributed by atoms with Gasteiger partial charge < -0.3 is 9.88 Å². The van der Waals surface area contributed by atoms with Crippen LogP contribution in [0.5, 0.6) is 0 Å². The molecule has 0 bridgehead atoms. The molecule has 22 heavy (non-hydrogen) atoms. The highest BCUT2D eigenvalue weighted by Crippen LogP contribution is 2.15. The summed E-state index contributed by atoms with van der Waals surface area (Å²) in [6, 6.07) is 12.5. The second kappa shape index (κ2) is 7.05. The number of H-pyrrole nitrogens is 1. The molecule has 0 saturated carbocycles. The minimum Gasteiger partial charge on any atom is -0.341 e. The van der Waals surface area contributed by atoms with Crippen molar-refractivity contribution in [1.82, 2.24) is 19.8 Å².